The average Bonchev–Trinajstić information content (AvgIpc) is 2.20. The van der Waals surface area contributed by atoms with Crippen LogP contribution in [0.15, 0.2) is 12.2 Å². The highest BCUT2D eigenvalue weighted by atomic mass is 16.4. The third kappa shape index (κ3) is 8.70. The van der Waals surface area contributed by atoms with Crippen molar-refractivity contribution in [3.05, 3.63) is 12.2 Å². The molecule has 90 valence electrons. The monoisotopic (exact) mass is 229 g/mol. The highest BCUT2D eigenvalue weighted by Gasteiger charge is 2.04. The molecule has 2 amide bonds. The first-order valence-electron chi connectivity index (χ1n) is 4.57. The van der Waals surface area contributed by atoms with Crippen LogP contribution < -0.4 is 16.0 Å². The number of aliphatic carboxylic acids is 1. The fraction of sp³-hybridized carbons (Fsp3) is 0.444. The maximum Gasteiger partial charge on any atom is 0.262 e. The lowest BCUT2D eigenvalue weighted by atomic mass is 10.2. The summed E-state index contributed by atoms with van der Waals surface area (Å²) in [5.74, 6) is -2.76. The first-order chi connectivity index (χ1) is 7.41. The van der Waals surface area contributed by atoms with Crippen molar-refractivity contribution in [1.82, 2.24) is 10.9 Å². The number of carbonyl (C=O) groups excluding carboxylic acids is 3. The van der Waals surface area contributed by atoms with E-state index in [4.69, 9.17) is 5.11 Å². The van der Waals surface area contributed by atoms with Gasteiger partial charge in [-0.3, -0.25) is 20.4 Å². The minimum Gasteiger partial charge on any atom is -0.545 e. The van der Waals surface area contributed by atoms with Crippen LogP contribution in [0.1, 0.15) is 19.8 Å². The number of aliphatic hydroxyl groups is 1. The van der Waals surface area contributed by atoms with Crippen LogP contribution in [0.3, 0.4) is 0 Å². The van der Waals surface area contributed by atoms with Crippen LogP contribution in [0.5, 0.6) is 0 Å². The summed E-state index contributed by atoms with van der Waals surface area (Å²) in [7, 11) is 0. The molecule has 0 rings (SSSR count). The zero-order valence-corrected chi connectivity index (χ0v) is 8.73. The number of amides is 2. The molecule has 3 N–H and O–H groups in total. The molecule has 0 heterocycles. The van der Waals surface area contributed by atoms with E-state index in [1.807, 2.05) is 10.9 Å². The van der Waals surface area contributed by atoms with Gasteiger partial charge in [-0.15, -0.1) is 0 Å². The number of carbonyl (C=O) groups is 3. The molecule has 7 nitrogen and oxygen atoms in total. The van der Waals surface area contributed by atoms with Crippen molar-refractivity contribution < 1.29 is 24.6 Å². The van der Waals surface area contributed by atoms with Crippen LogP contribution in [-0.4, -0.2) is 29.0 Å². The van der Waals surface area contributed by atoms with E-state index in [0.717, 1.165) is 0 Å². The van der Waals surface area contributed by atoms with Gasteiger partial charge in [-0.05, 0) is 19.4 Å². The fourth-order valence-electron chi connectivity index (χ4n) is 0.719. The Bertz CT molecular complexity index is 298. The molecule has 0 saturated heterocycles. The summed E-state index contributed by atoms with van der Waals surface area (Å²) >= 11 is 0. The Hall–Kier alpha value is -1.89. The second-order valence-corrected chi connectivity index (χ2v) is 3.08. The maximum atomic E-state index is 11.0. The third-order valence-electron chi connectivity index (χ3n) is 1.49. The predicted octanol–water partition coefficient (Wildman–Crippen LogP) is -2.40. The van der Waals surface area contributed by atoms with Gasteiger partial charge in [0.15, 0.2) is 0 Å². The quantitative estimate of drug-likeness (QED) is 0.359. The molecule has 0 spiro atoms. The minimum absolute atomic E-state index is 0.0577. The van der Waals surface area contributed by atoms with Crippen molar-refractivity contribution in [1.29, 1.82) is 0 Å². The fourth-order valence-corrected chi connectivity index (χ4v) is 0.719. The van der Waals surface area contributed by atoms with Gasteiger partial charge in [0.1, 0.15) is 0 Å². The lowest BCUT2D eigenvalue weighted by Gasteiger charge is -2.06. The Labute approximate surface area is 92.1 Å². The number of carboxylic acid groups (broad SMARTS) is 1. The molecule has 0 aromatic rings. The van der Waals surface area contributed by atoms with Crippen LogP contribution in [0.2, 0.25) is 0 Å². The number of aliphatic hydroxyl groups excluding tert-OH is 1. The molecular formula is C9H13N2O5-. The Morgan fingerprint density at radius 1 is 1.31 bits per heavy atom. The largest absolute Gasteiger partial charge is 0.545 e. The second kappa shape index (κ2) is 7.41. The summed E-state index contributed by atoms with van der Waals surface area (Å²) in [4.78, 5) is 31.8. The number of rotatable bonds is 5. The molecule has 16 heavy (non-hydrogen) atoms. The van der Waals surface area contributed by atoms with Gasteiger partial charge in [-0.2, -0.15) is 0 Å². The molecule has 0 aliphatic carbocycles. The van der Waals surface area contributed by atoms with E-state index in [0.29, 0.717) is 12.2 Å². The number of hydrazine groups is 1. The summed E-state index contributed by atoms with van der Waals surface area (Å²) < 4.78 is 0. The van der Waals surface area contributed by atoms with Crippen LogP contribution in [0.4, 0.5) is 0 Å². The van der Waals surface area contributed by atoms with E-state index in [9.17, 15) is 19.5 Å². The van der Waals surface area contributed by atoms with Crippen molar-refractivity contribution >= 4 is 17.8 Å². The molecule has 1 atom stereocenters. The van der Waals surface area contributed by atoms with Gasteiger partial charge in [0.25, 0.3) is 5.91 Å². The summed E-state index contributed by atoms with van der Waals surface area (Å²) in [6.45, 7) is 1.54. The molecule has 0 aliphatic heterocycles. The number of hydrogen-bond donors (Lipinski definition) is 3. The first kappa shape index (κ1) is 14.1. The van der Waals surface area contributed by atoms with Crippen LogP contribution in [0, 0.1) is 0 Å². The topological polar surface area (TPSA) is 119 Å². The summed E-state index contributed by atoms with van der Waals surface area (Å²) in [5, 5.41) is 18.8. The van der Waals surface area contributed by atoms with E-state index in [1.54, 1.807) is 0 Å². The first-order valence-corrected chi connectivity index (χ1v) is 4.57. The van der Waals surface area contributed by atoms with E-state index in [2.05, 4.69) is 0 Å². The minimum atomic E-state index is -1.50. The van der Waals surface area contributed by atoms with Gasteiger partial charge in [-0.25, -0.2) is 0 Å². The summed E-state index contributed by atoms with van der Waals surface area (Å²) in [6.07, 6.45) is 0.986. The molecule has 0 aromatic heterocycles. The van der Waals surface area contributed by atoms with Gasteiger partial charge in [-0.1, -0.05) is 0 Å². The maximum absolute atomic E-state index is 11.0. The van der Waals surface area contributed by atoms with E-state index in [-0.39, 0.29) is 12.8 Å². The van der Waals surface area contributed by atoms with Gasteiger partial charge in [0.05, 0.1) is 12.1 Å². The molecule has 0 bridgehead atoms. The van der Waals surface area contributed by atoms with E-state index < -0.39 is 23.9 Å². The van der Waals surface area contributed by atoms with Crippen LogP contribution >= 0.6 is 0 Å². The molecule has 0 fully saturated rings. The molecule has 0 saturated carbocycles. The highest BCUT2D eigenvalue weighted by Crippen LogP contribution is 1.94. The lowest BCUT2D eigenvalue weighted by molar-refractivity contribution is -0.297. The Balaban J connectivity index is 3.75. The molecular weight excluding hydrogens is 216 g/mol. The molecule has 0 unspecified atom stereocenters. The SMILES string of the molecule is C[C@H](O)CCC(=O)NNC(=O)C=CC(=O)[O-]. The van der Waals surface area contributed by atoms with Gasteiger partial charge >= 0.3 is 0 Å². The molecule has 7 heteroatoms. The summed E-state index contributed by atoms with van der Waals surface area (Å²) in [6, 6.07) is 0. The molecule has 0 aliphatic rings. The standard InChI is InChI=1S/C9H14N2O5/c1-6(12)2-3-7(13)10-11-8(14)4-5-9(15)16/h4-6,12H,2-3H2,1H3,(H,10,13)(H,11,14)(H,15,16)/p-1/t6-/m0/s1. The average molecular weight is 229 g/mol. The third-order valence-corrected chi connectivity index (χ3v) is 1.49. The zero-order valence-electron chi connectivity index (χ0n) is 8.73. The van der Waals surface area contributed by atoms with Crippen molar-refractivity contribution in [3.63, 3.8) is 0 Å². The van der Waals surface area contributed by atoms with Crippen LogP contribution in [-0.2, 0) is 14.4 Å². The van der Waals surface area contributed by atoms with Crippen molar-refractivity contribution in [2.75, 3.05) is 0 Å². The number of carboxylic acids is 1. The predicted molar refractivity (Wildman–Crippen MR) is 51.3 cm³/mol. The molecule has 0 aromatic carbocycles. The lowest BCUT2D eigenvalue weighted by Crippen LogP contribution is -2.41. The second-order valence-electron chi connectivity index (χ2n) is 3.08. The van der Waals surface area contributed by atoms with Gasteiger partial charge < -0.3 is 15.0 Å². The normalized spacial score (nSPS) is 12.1. The van der Waals surface area contributed by atoms with Crippen molar-refractivity contribution in [3.8, 4) is 0 Å². The zero-order chi connectivity index (χ0) is 12.6. The Morgan fingerprint density at radius 3 is 2.44 bits per heavy atom. The Kier molecular flexibility index (Phi) is 6.53. The highest BCUT2D eigenvalue weighted by molar-refractivity contribution is 5.94. The van der Waals surface area contributed by atoms with Gasteiger partial charge in [0.2, 0.25) is 5.91 Å². The van der Waals surface area contributed by atoms with Gasteiger partial charge in [0, 0.05) is 12.5 Å². The van der Waals surface area contributed by atoms with Crippen LogP contribution in [0.25, 0.3) is 0 Å². The van der Waals surface area contributed by atoms with Crippen molar-refractivity contribution in [2.45, 2.75) is 25.9 Å². The smallest absolute Gasteiger partial charge is 0.262 e. The molecule has 0 radical (unpaired) electrons. The summed E-state index contributed by atoms with van der Waals surface area (Å²) in [5.41, 5.74) is 4.01. The number of hydrogen-bond acceptors (Lipinski definition) is 5. The van der Waals surface area contributed by atoms with E-state index in [1.165, 1.54) is 6.92 Å². The van der Waals surface area contributed by atoms with Crippen molar-refractivity contribution in [2.24, 2.45) is 0 Å². The Morgan fingerprint density at radius 2 is 1.94 bits per heavy atom. The number of nitrogens with one attached hydrogen (secondary N) is 2. The van der Waals surface area contributed by atoms with E-state index >= 15 is 0 Å².